The predicted octanol–water partition coefficient (Wildman–Crippen LogP) is 3.30. The number of unbranched alkanes of at least 4 members (excludes halogenated alkanes) is 1. The molecule has 0 unspecified atom stereocenters. The summed E-state index contributed by atoms with van der Waals surface area (Å²) in [5.41, 5.74) is 5.18. The number of rotatable bonds is 9. The van der Waals surface area contributed by atoms with Crippen molar-refractivity contribution < 1.29 is 13.9 Å². The molecule has 7 heteroatoms. The number of thiocarbonyl (C=S) groups is 1. The first-order valence-corrected chi connectivity index (χ1v) is 9.13. The molecule has 2 atom stereocenters. The van der Waals surface area contributed by atoms with Crippen molar-refractivity contribution in [3.05, 3.63) is 30.1 Å². The highest BCUT2D eigenvalue weighted by Gasteiger charge is 2.15. The maximum atomic E-state index is 12.8. The second-order valence-electron chi connectivity index (χ2n) is 5.95. The molecule has 0 aliphatic rings. The first-order chi connectivity index (χ1) is 12.0. The van der Waals surface area contributed by atoms with Gasteiger partial charge in [-0.1, -0.05) is 33.1 Å². The minimum absolute atomic E-state index is 0.355. The van der Waals surface area contributed by atoms with Crippen LogP contribution in [0.4, 0.5) is 4.39 Å². The van der Waals surface area contributed by atoms with E-state index in [1.165, 1.54) is 37.1 Å². The van der Waals surface area contributed by atoms with E-state index in [4.69, 9.17) is 17.0 Å². The van der Waals surface area contributed by atoms with Crippen LogP contribution in [0.25, 0.3) is 0 Å². The Bertz CT molecular complexity index is 540. The second-order valence-corrected chi connectivity index (χ2v) is 6.36. The van der Waals surface area contributed by atoms with E-state index in [0.29, 0.717) is 16.8 Å². The lowest BCUT2D eigenvalue weighted by Gasteiger charge is -2.19. The molecule has 0 saturated heterocycles. The van der Waals surface area contributed by atoms with Crippen LogP contribution in [0, 0.1) is 11.7 Å². The Hall–Kier alpha value is -1.89. The van der Waals surface area contributed by atoms with Crippen molar-refractivity contribution in [2.24, 2.45) is 5.92 Å². The van der Waals surface area contributed by atoms with E-state index < -0.39 is 6.10 Å². The van der Waals surface area contributed by atoms with Crippen molar-refractivity contribution in [3.8, 4) is 5.75 Å². The molecule has 5 nitrogen and oxygen atoms in total. The molecule has 1 aromatic carbocycles. The SMILES string of the molecule is CCCC[C@H](CC)CNC(=S)NNC(=O)[C@H](C)Oc1ccc(F)cc1. The molecule has 0 spiro atoms. The van der Waals surface area contributed by atoms with E-state index in [2.05, 4.69) is 30.0 Å². The largest absolute Gasteiger partial charge is 0.481 e. The van der Waals surface area contributed by atoms with E-state index in [0.717, 1.165) is 19.4 Å². The van der Waals surface area contributed by atoms with Crippen LogP contribution in [0.1, 0.15) is 46.5 Å². The van der Waals surface area contributed by atoms with E-state index in [-0.39, 0.29) is 11.7 Å². The summed E-state index contributed by atoms with van der Waals surface area (Å²) in [4.78, 5) is 12.0. The molecule has 140 valence electrons. The zero-order valence-electron chi connectivity index (χ0n) is 15.1. The molecule has 1 rings (SSSR count). The zero-order valence-corrected chi connectivity index (χ0v) is 15.9. The van der Waals surface area contributed by atoms with Crippen LogP contribution in [-0.2, 0) is 4.79 Å². The highest BCUT2D eigenvalue weighted by molar-refractivity contribution is 7.80. The molecule has 0 aliphatic heterocycles. The van der Waals surface area contributed by atoms with Gasteiger partial charge < -0.3 is 10.1 Å². The molecule has 1 aromatic rings. The predicted molar refractivity (Wildman–Crippen MR) is 102 cm³/mol. The van der Waals surface area contributed by atoms with Gasteiger partial charge in [0.2, 0.25) is 0 Å². The summed E-state index contributed by atoms with van der Waals surface area (Å²) in [5.74, 6) is 0.265. The number of carbonyl (C=O) groups is 1. The maximum absolute atomic E-state index is 12.8. The Morgan fingerprint density at radius 2 is 1.92 bits per heavy atom. The quantitative estimate of drug-likeness (QED) is 0.460. The Morgan fingerprint density at radius 3 is 2.52 bits per heavy atom. The van der Waals surface area contributed by atoms with Gasteiger partial charge in [0.25, 0.3) is 5.91 Å². The summed E-state index contributed by atoms with van der Waals surface area (Å²) in [5, 5.41) is 3.49. The fraction of sp³-hybridized carbons (Fsp3) is 0.556. The van der Waals surface area contributed by atoms with Crippen LogP contribution in [0.2, 0.25) is 0 Å². The van der Waals surface area contributed by atoms with Gasteiger partial charge in [-0.2, -0.15) is 0 Å². The number of amides is 1. The van der Waals surface area contributed by atoms with Crippen LogP contribution >= 0.6 is 12.2 Å². The highest BCUT2D eigenvalue weighted by atomic mass is 32.1. The summed E-state index contributed by atoms with van der Waals surface area (Å²) in [6, 6.07) is 5.50. The lowest BCUT2D eigenvalue weighted by Crippen LogP contribution is -2.51. The van der Waals surface area contributed by atoms with Crippen molar-refractivity contribution in [2.75, 3.05) is 6.54 Å². The number of nitrogens with one attached hydrogen (secondary N) is 3. The third-order valence-electron chi connectivity index (χ3n) is 3.89. The van der Waals surface area contributed by atoms with E-state index in [9.17, 15) is 9.18 Å². The zero-order chi connectivity index (χ0) is 18.7. The van der Waals surface area contributed by atoms with Gasteiger partial charge in [0, 0.05) is 6.54 Å². The Labute approximate surface area is 154 Å². The number of hydrogen-bond acceptors (Lipinski definition) is 3. The number of benzene rings is 1. The summed E-state index contributed by atoms with van der Waals surface area (Å²) >= 11 is 5.16. The minimum Gasteiger partial charge on any atom is -0.481 e. The second kappa shape index (κ2) is 11.6. The van der Waals surface area contributed by atoms with Crippen molar-refractivity contribution in [1.29, 1.82) is 0 Å². The molecular weight excluding hydrogens is 341 g/mol. The molecule has 0 saturated carbocycles. The Kier molecular flexibility index (Phi) is 9.84. The third kappa shape index (κ3) is 8.67. The monoisotopic (exact) mass is 369 g/mol. The van der Waals surface area contributed by atoms with Gasteiger partial charge in [-0.3, -0.25) is 15.6 Å². The smallest absolute Gasteiger partial charge is 0.279 e. The van der Waals surface area contributed by atoms with E-state index in [1.54, 1.807) is 6.92 Å². The average molecular weight is 370 g/mol. The van der Waals surface area contributed by atoms with Gasteiger partial charge >= 0.3 is 0 Å². The number of ether oxygens (including phenoxy) is 1. The van der Waals surface area contributed by atoms with Crippen LogP contribution in [-0.4, -0.2) is 23.7 Å². The molecule has 0 fully saturated rings. The number of carbonyl (C=O) groups excluding carboxylic acids is 1. The topological polar surface area (TPSA) is 62.4 Å². The van der Waals surface area contributed by atoms with Gasteiger partial charge in [-0.05, 0) is 55.7 Å². The van der Waals surface area contributed by atoms with Gasteiger partial charge in [0.15, 0.2) is 11.2 Å². The lowest BCUT2D eigenvalue weighted by molar-refractivity contribution is -0.127. The fourth-order valence-electron chi connectivity index (χ4n) is 2.22. The van der Waals surface area contributed by atoms with Gasteiger partial charge in [0.1, 0.15) is 11.6 Å². The number of halogens is 1. The molecule has 0 radical (unpaired) electrons. The van der Waals surface area contributed by atoms with Crippen LogP contribution in [0.3, 0.4) is 0 Å². The van der Waals surface area contributed by atoms with Gasteiger partial charge in [-0.25, -0.2) is 4.39 Å². The summed E-state index contributed by atoms with van der Waals surface area (Å²) < 4.78 is 18.3. The maximum Gasteiger partial charge on any atom is 0.279 e. The van der Waals surface area contributed by atoms with Crippen molar-refractivity contribution in [2.45, 2.75) is 52.6 Å². The van der Waals surface area contributed by atoms with Gasteiger partial charge in [0.05, 0.1) is 0 Å². The van der Waals surface area contributed by atoms with Crippen molar-refractivity contribution >= 4 is 23.2 Å². The van der Waals surface area contributed by atoms with E-state index in [1.807, 2.05) is 0 Å². The van der Waals surface area contributed by atoms with Gasteiger partial charge in [-0.15, -0.1) is 0 Å². The standard InChI is InChI=1S/C18H28FN3O2S/c1-4-6-7-14(5-2)12-20-18(25)22-21-17(23)13(3)24-16-10-8-15(19)9-11-16/h8-11,13-14H,4-7,12H2,1-3H3,(H,21,23)(H2,20,22,25)/t13-,14-/m0/s1. The van der Waals surface area contributed by atoms with E-state index >= 15 is 0 Å². The number of hydrazine groups is 1. The molecule has 25 heavy (non-hydrogen) atoms. The molecular formula is C18H28FN3O2S. The summed E-state index contributed by atoms with van der Waals surface area (Å²) in [7, 11) is 0. The van der Waals surface area contributed by atoms with Crippen molar-refractivity contribution in [3.63, 3.8) is 0 Å². The molecule has 1 amide bonds. The van der Waals surface area contributed by atoms with Crippen LogP contribution in [0.15, 0.2) is 24.3 Å². The first-order valence-electron chi connectivity index (χ1n) is 8.72. The minimum atomic E-state index is -0.742. The normalized spacial score (nSPS) is 12.8. The average Bonchev–Trinajstić information content (AvgIpc) is 2.61. The van der Waals surface area contributed by atoms with Crippen LogP contribution < -0.4 is 20.9 Å². The Morgan fingerprint density at radius 1 is 1.24 bits per heavy atom. The molecule has 0 bridgehead atoms. The number of hydrogen-bond donors (Lipinski definition) is 3. The highest BCUT2D eigenvalue weighted by Crippen LogP contribution is 2.13. The van der Waals surface area contributed by atoms with Crippen LogP contribution in [0.5, 0.6) is 5.75 Å². The Balaban J connectivity index is 2.29. The summed E-state index contributed by atoms with van der Waals surface area (Å²) in [6.45, 7) is 6.72. The van der Waals surface area contributed by atoms with Crippen molar-refractivity contribution in [1.82, 2.24) is 16.2 Å². The molecule has 0 aromatic heterocycles. The fourth-order valence-corrected chi connectivity index (χ4v) is 2.35. The molecule has 3 N–H and O–H groups in total. The third-order valence-corrected chi connectivity index (χ3v) is 4.14. The molecule has 0 heterocycles. The summed E-state index contributed by atoms with van der Waals surface area (Å²) in [6.07, 6.45) is 3.90. The molecule has 0 aliphatic carbocycles. The lowest BCUT2D eigenvalue weighted by atomic mass is 9.99. The first kappa shape index (κ1) is 21.2.